The number of hydrogen-bond donors (Lipinski definition) is 0. The number of imidazole rings is 1. The summed E-state index contributed by atoms with van der Waals surface area (Å²) in [6.45, 7) is 17.8. The third-order valence-corrected chi connectivity index (χ3v) is 6.86. The van der Waals surface area contributed by atoms with E-state index in [2.05, 4.69) is 108 Å². The molecule has 0 radical (unpaired) electrons. The van der Waals surface area contributed by atoms with Gasteiger partial charge in [-0.25, -0.2) is 4.98 Å². The van der Waals surface area contributed by atoms with Crippen molar-refractivity contribution in [2.75, 3.05) is 11.4 Å². The van der Waals surface area contributed by atoms with Crippen LogP contribution in [0.15, 0.2) is 150 Å². The number of aromatic nitrogens is 2. The number of rotatable bonds is 10. The molecule has 41 heavy (non-hydrogen) atoms. The van der Waals surface area contributed by atoms with Gasteiger partial charge in [-0.1, -0.05) is 93.0 Å². The van der Waals surface area contributed by atoms with Crippen molar-refractivity contribution in [3.8, 4) is 0 Å². The van der Waals surface area contributed by atoms with Crippen molar-refractivity contribution >= 4 is 34.7 Å². The first-order valence-electron chi connectivity index (χ1n) is 14.0. The fourth-order valence-electron chi connectivity index (χ4n) is 4.87. The summed E-state index contributed by atoms with van der Waals surface area (Å²) in [5.74, 6) is 0.936. The summed E-state index contributed by atoms with van der Waals surface area (Å²) in [6.07, 6.45) is 22.5. The smallest absolute Gasteiger partial charge is 0.141 e. The van der Waals surface area contributed by atoms with E-state index in [0.717, 1.165) is 63.5 Å². The Morgan fingerprint density at radius 2 is 1.98 bits per heavy atom. The minimum Gasteiger partial charge on any atom is -0.335 e. The van der Waals surface area contributed by atoms with Gasteiger partial charge in [0, 0.05) is 30.4 Å². The van der Waals surface area contributed by atoms with E-state index in [1.54, 1.807) is 0 Å². The standard InChI is InChI=1S/C37H38N4/c1-6-9-10-11-12-19-29(4)41(35-23-15-13-21-33(35)38-5)28-30-20-17-27-40-36-24-16-14-22-34(36)39-37(40)32(8-3)31(18-7-2)26-25-30/h7-11,13-25H,3-6,26-28H2,1-2H3/b10-9-,18-7-,20-17-,30-25+,32-31-. The molecule has 0 saturated heterocycles. The van der Waals surface area contributed by atoms with Crippen molar-refractivity contribution in [3.05, 3.63) is 151 Å². The molecule has 0 unspecified atom stereocenters. The van der Waals surface area contributed by atoms with Gasteiger partial charge in [-0.2, -0.15) is 0 Å². The van der Waals surface area contributed by atoms with Crippen LogP contribution in [0.2, 0.25) is 0 Å². The van der Waals surface area contributed by atoms with Gasteiger partial charge in [-0.15, -0.1) is 5.73 Å². The van der Waals surface area contributed by atoms with E-state index < -0.39 is 0 Å². The maximum Gasteiger partial charge on any atom is 0.141 e. The van der Waals surface area contributed by atoms with Crippen LogP contribution >= 0.6 is 0 Å². The van der Waals surface area contributed by atoms with Crippen molar-refractivity contribution < 1.29 is 0 Å². The Bertz CT molecular complexity index is 1640. The number of allylic oxidation sites excluding steroid dienone is 10. The predicted molar refractivity (Wildman–Crippen MR) is 178 cm³/mol. The second kappa shape index (κ2) is 14.5. The van der Waals surface area contributed by atoms with Gasteiger partial charge in [0.15, 0.2) is 0 Å². The van der Waals surface area contributed by atoms with Crippen LogP contribution in [0.1, 0.15) is 32.5 Å². The van der Waals surface area contributed by atoms with Gasteiger partial charge in [0.05, 0.1) is 22.4 Å². The lowest BCUT2D eigenvalue weighted by Crippen LogP contribution is -2.23. The first-order valence-corrected chi connectivity index (χ1v) is 14.0. The zero-order valence-corrected chi connectivity index (χ0v) is 24.1. The number of anilines is 1. The highest BCUT2D eigenvalue weighted by Gasteiger charge is 2.17. The Kier molecular flexibility index (Phi) is 10.3. The van der Waals surface area contributed by atoms with Crippen LogP contribution in [0.4, 0.5) is 11.4 Å². The fraction of sp³-hybridized carbons (Fsp3) is 0.162. The molecule has 0 saturated carbocycles. The van der Waals surface area contributed by atoms with E-state index >= 15 is 0 Å². The maximum absolute atomic E-state index is 5.00. The molecule has 1 aliphatic rings. The van der Waals surface area contributed by atoms with Gasteiger partial charge in [0.2, 0.25) is 0 Å². The van der Waals surface area contributed by atoms with Crippen LogP contribution in [-0.4, -0.2) is 22.8 Å². The van der Waals surface area contributed by atoms with E-state index in [-0.39, 0.29) is 0 Å². The topological polar surface area (TPSA) is 33.4 Å². The number of fused-ring (bicyclic) bond motifs is 3. The lowest BCUT2D eigenvalue weighted by atomic mass is 10.0. The van der Waals surface area contributed by atoms with Crippen molar-refractivity contribution in [2.45, 2.75) is 33.2 Å². The molecular formula is C37H38N4. The van der Waals surface area contributed by atoms with E-state index in [1.165, 1.54) is 0 Å². The molecule has 1 aliphatic heterocycles. The number of aliphatic imine (C=N–C) groups is 1. The lowest BCUT2D eigenvalue weighted by Gasteiger charge is -2.27. The molecule has 0 amide bonds. The first kappa shape index (κ1) is 29.1. The zero-order valence-electron chi connectivity index (χ0n) is 24.1. The normalized spacial score (nSPS) is 17.4. The third-order valence-electron chi connectivity index (χ3n) is 6.86. The zero-order chi connectivity index (χ0) is 29.0. The first-order chi connectivity index (χ1) is 20.1. The minimum atomic E-state index is 0.606. The lowest BCUT2D eigenvalue weighted by molar-refractivity contribution is 0.829. The van der Waals surface area contributed by atoms with E-state index in [1.807, 2.05) is 55.5 Å². The molecular weight excluding hydrogens is 500 g/mol. The Hall–Kier alpha value is -4.92. The number of hydrogen-bond acceptors (Lipinski definition) is 3. The molecule has 0 N–H and O–H groups in total. The molecule has 4 rings (SSSR count). The predicted octanol–water partition coefficient (Wildman–Crippen LogP) is 9.47. The van der Waals surface area contributed by atoms with Crippen LogP contribution in [-0.2, 0) is 6.54 Å². The molecule has 206 valence electrons. The highest BCUT2D eigenvalue weighted by Crippen LogP contribution is 2.32. The molecule has 0 aliphatic carbocycles. The molecule has 4 heteroatoms. The summed E-state index contributed by atoms with van der Waals surface area (Å²) in [5.41, 5.74) is 11.3. The van der Waals surface area contributed by atoms with E-state index in [9.17, 15) is 0 Å². The summed E-state index contributed by atoms with van der Waals surface area (Å²) < 4.78 is 2.26. The van der Waals surface area contributed by atoms with Crippen LogP contribution in [0.5, 0.6) is 0 Å². The molecule has 0 fully saturated rings. The second-order valence-electron chi connectivity index (χ2n) is 9.60. The van der Waals surface area contributed by atoms with Gasteiger partial charge < -0.3 is 9.47 Å². The fourth-order valence-corrected chi connectivity index (χ4v) is 4.87. The molecule has 0 bridgehead atoms. The number of para-hydroxylation sites is 4. The maximum atomic E-state index is 5.00. The van der Waals surface area contributed by atoms with Crippen LogP contribution < -0.4 is 4.90 Å². The summed E-state index contributed by atoms with van der Waals surface area (Å²) >= 11 is 0. The minimum absolute atomic E-state index is 0.606. The largest absolute Gasteiger partial charge is 0.335 e. The van der Waals surface area contributed by atoms with E-state index in [0.29, 0.717) is 13.1 Å². The summed E-state index contributed by atoms with van der Waals surface area (Å²) in [4.78, 5) is 11.5. The molecule has 4 nitrogen and oxygen atoms in total. The van der Waals surface area contributed by atoms with Gasteiger partial charge in [-0.3, -0.25) is 4.99 Å². The van der Waals surface area contributed by atoms with Crippen molar-refractivity contribution in [1.82, 2.24) is 9.55 Å². The number of nitrogens with zero attached hydrogens (tertiary/aromatic N) is 4. The second-order valence-corrected chi connectivity index (χ2v) is 9.60. The van der Waals surface area contributed by atoms with Crippen molar-refractivity contribution in [3.63, 3.8) is 0 Å². The molecule has 0 spiro atoms. The summed E-state index contributed by atoms with van der Waals surface area (Å²) in [6, 6.07) is 16.3. The van der Waals surface area contributed by atoms with Gasteiger partial charge in [-0.05, 0) is 68.0 Å². The molecule has 3 aromatic rings. The average Bonchev–Trinajstić information content (AvgIpc) is 3.36. The molecule has 2 aromatic carbocycles. The van der Waals surface area contributed by atoms with Crippen LogP contribution in [0, 0.1) is 0 Å². The van der Waals surface area contributed by atoms with Gasteiger partial charge in [0.1, 0.15) is 5.82 Å². The summed E-state index contributed by atoms with van der Waals surface area (Å²) in [5, 5.41) is 0. The van der Waals surface area contributed by atoms with Crippen molar-refractivity contribution in [1.29, 1.82) is 0 Å². The highest BCUT2D eigenvalue weighted by atomic mass is 15.1. The quantitative estimate of drug-likeness (QED) is 0.146. The van der Waals surface area contributed by atoms with Crippen LogP contribution in [0.25, 0.3) is 16.6 Å². The molecule has 0 atom stereocenters. The van der Waals surface area contributed by atoms with Gasteiger partial charge >= 0.3 is 0 Å². The number of benzene rings is 2. The summed E-state index contributed by atoms with van der Waals surface area (Å²) in [7, 11) is 0. The average molecular weight is 539 g/mol. The molecule has 2 heterocycles. The Morgan fingerprint density at radius 3 is 2.76 bits per heavy atom. The Labute approximate surface area is 244 Å². The van der Waals surface area contributed by atoms with Crippen LogP contribution in [0.3, 0.4) is 0 Å². The monoisotopic (exact) mass is 538 g/mol. The Morgan fingerprint density at radius 1 is 1.17 bits per heavy atom. The third kappa shape index (κ3) is 7.00. The van der Waals surface area contributed by atoms with E-state index in [4.69, 9.17) is 4.98 Å². The SMILES string of the molecule is C=C/C1=C(\C=C/C)C/C=C(CN(C(=C)C=C=C/C=C\CC)c2ccccc2N=C)\C=C/Cn2c1nc1ccccc12. The highest BCUT2D eigenvalue weighted by molar-refractivity contribution is 5.84. The van der Waals surface area contributed by atoms with Crippen molar-refractivity contribution in [2.24, 2.45) is 4.99 Å². The Balaban J connectivity index is 1.79. The molecule has 1 aromatic heterocycles. The van der Waals surface area contributed by atoms with Gasteiger partial charge in [0.25, 0.3) is 0 Å².